The summed E-state index contributed by atoms with van der Waals surface area (Å²) in [5.74, 6) is -0.667. The van der Waals surface area contributed by atoms with Crippen molar-refractivity contribution in [2.75, 3.05) is 16.4 Å². The molecule has 2 amide bonds. The van der Waals surface area contributed by atoms with Crippen molar-refractivity contribution in [1.82, 2.24) is 9.97 Å². The number of benzene rings is 1. The molecule has 142 valence electrons. The highest BCUT2D eigenvalue weighted by Crippen LogP contribution is 2.31. The highest BCUT2D eigenvalue weighted by atomic mass is 79.9. The van der Waals surface area contributed by atoms with Crippen molar-refractivity contribution in [3.05, 3.63) is 44.2 Å². The number of aromatic nitrogens is 2. The Balaban J connectivity index is 1.92. The molecular formula is C18H19BrN4O3S. The van der Waals surface area contributed by atoms with E-state index in [9.17, 15) is 14.4 Å². The van der Waals surface area contributed by atoms with E-state index in [1.807, 2.05) is 26.0 Å². The van der Waals surface area contributed by atoms with E-state index in [1.165, 1.54) is 11.8 Å². The molecule has 3 N–H and O–H groups in total. The summed E-state index contributed by atoms with van der Waals surface area (Å²) in [4.78, 5) is 44.5. The van der Waals surface area contributed by atoms with Gasteiger partial charge in [-0.05, 0) is 37.1 Å². The molecule has 0 saturated carbocycles. The lowest BCUT2D eigenvalue weighted by Gasteiger charge is -2.23. The molecule has 0 fully saturated rings. The third kappa shape index (κ3) is 4.41. The fourth-order valence-electron chi connectivity index (χ4n) is 2.83. The van der Waals surface area contributed by atoms with Gasteiger partial charge in [0.15, 0.2) is 5.16 Å². The van der Waals surface area contributed by atoms with Crippen LogP contribution in [0, 0.1) is 6.92 Å². The van der Waals surface area contributed by atoms with E-state index in [4.69, 9.17) is 0 Å². The number of fused-ring (bicyclic) bond motifs is 1. The van der Waals surface area contributed by atoms with E-state index < -0.39 is 17.4 Å². The molecule has 9 heteroatoms. The number of hydrogen-bond donors (Lipinski definition) is 3. The molecule has 1 aromatic heterocycles. The van der Waals surface area contributed by atoms with Crippen LogP contribution in [0.15, 0.2) is 32.6 Å². The van der Waals surface area contributed by atoms with Crippen LogP contribution in [-0.4, -0.2) is 27.5 Å². The van der Waals surface area contributed by atoms with Crippen LogP contribution < -0.4 is 16.2 Å². The van der Waals surface area contributed by atoms with Crippen LogP contribution in [0.25, 0.3) is 0 Å². The van der Waals surface area contributed by atoms with E-state index in [-0.39, 0.29) is 23.7 Å². The number of anilines is 2. The number of rotatable bonds is 5. The molecule has 1 aromatic carbocycles. The molecule has 1 aliphatic heterocycles. The molecule has 1 aliphatic rings. The van der Waals surface area contributed by atoms with Crippen molar-refractivity contribution in [2.24, 2.45) is 0 Å². The molecular weight excluding hydrogens is 432 g/mol. The van der Waals surface area contributed by atoms with Crippen molar-refractivity contribution in [2.45, 2.75) is 37.8 Å². The molecule has 1 atom stereocenters. The highest BCUT2D eigenvalue weighted by molar-refractivity contribution is 9.10. The van der Waals surface area contributed by atoms with Gasteiger partial charge in [0, 0.05) is 22.3 Å². The van der Waals surface area contributed by atoms with Crippen LogP contribution in [0.3, 0.4) is 0 Å². The Morgan fingerprint density at radius 2 is 2.19 bits per heavy atom. The maximum Gasteiger partial charge on any atom is 0.257 e. The second-order valence-electron chi connectivity index (χ2n) is 6.24. The SMILES string of the molecule is CCCSc1nc2c(c(=O)[nH]1)[C@@H](C(=O)Nc1ccc(Br)cc1C)CC(=O)N2. The fourth-order valence-corrected chi connectivity index (χ4v) is 4.02. The Kier molecular flexibility index (Phi) is 6.01. The summed E-state index contributed by atoms with van der Waals surface area (Å²) in [6, 6.07) is 5.46. The number of nitrogens with one attached hydrogen (secondary N) is 3. The van der Waals surface area contributed by atoms with E-state index in [0.717, 1.165) is 22.2 Å². The molecule has 0 spiro atoms. The molecule has 2 aromatic rings. The Morgan fingerprint density at radius 3 is 2.89 bits per heavy atom. The monoisotopic (exact) mass is 450 g/mol. The third-order valence-corrected chi connectivity index (χ3v) is 5.71. The maximum atomic E-state index is 12.8. The summed E-state index contributed by atoms with van der Waals surface area (Å²) >= 11 is 4.78. The van der Waals surface area contributed by atoms with Crippen molar-refractivity contribution >= 4 is 51.0 Å². The van der Waals surface area contributed by atoms with E-state index in [2.05, 4.69) is 36.5 Å². The number of aromatic amines is 1. The fraction of sp³-hybridized carbons (Fsp3) is 0.333. The normalized spacial score (nSPS) is 15.8. The van der Waals surface area contributed by atoms with Crippen molar-refractivity contribution in [1.29, 1.82) is 0 Å². The molecule has 0 radical (unpaired) electrons. The summed E-state index contributed by atoms with van der Waals surface area (Å²) in [7, 11) is 0. The number of thioether (sulfide) groups is 1. The van der Waals surface area contributed by atoms with Crippen molar-refractivity contribution < 1.29 is 9.59 Å². The summed E-state index contributed by atoms with van der Waals surface area (Å²) < 4.78 is 0.901. The zero-order valence-corrected chi connectivity index (χ0v) is 17.3. The average Bonchev–Trinajstić information content (AvgIpc) is 2.61. The lowest BCUT2D eigenvalue weighted by Crippen LogP contribution is -2.36. The maximum absolute atomic E-state index is 12.8. The number of nitrogens with zero attached hydrogens (tertiary/aromatic N) is 1. The minimum Gasteiger partial charge on any atom is -0.325 e. The van der Waals surface area contributed by atoms with E-state index in [1.54, 1.807) is 6.07 Å². The zero-order chi connectivity index (χ0) is 19.6. The zero-order valence-electron chi connectivity index (χ0n) is 14.9. The van der Waals surface area contributed by atoms with Gasteiger partial charge < -0.3 is 15.6 Å². The predicted molar refractivity (Wildman–Crippen MR) is 109 cm³/mol. The predicted octanol–water partition coefficient (Wildman–Crippen LogP) is 3.41. The average molecular weight is 451 g/mol. The van der Waals surface area contributed by atoms with Crippen molar-refractivity contribution in [3.8, 4) is 0 Å². The number of carbonyl (C=O) groups excluding carboxylic acids is 2. The van der Waals surface area contributed by atoms with Crippen molar-refractivity contribution in [3.63, 3.8) is 0 Å². The molecule has 27 heavy (non-hydrogen) atoms. The van der Waals surface area contributed by atoms with Gasteiger partial charge in [-0.3, -0.25) is 14.4 Å². The van der Waals surface area contributed by atoms with Crippen LogP contribution in [0.2, 0.25) is 0 Å². The lowest BCUT2D eigenvalue weighted by atomic mass is 9.92. The lowest BCUT2D eigenvalue weighted by molar-refractivity contribution is -0.123. The summed E-state index contributed by atoms with van der Waals surface area (Å²) in [5.41, 5.74) is 1.31. The molecule has 0 unspecified atom stereocenters. The number of carbonyl (C=O) groups is 2. The van der Waals surface area contributed by atoms with Gasteiger partial charge in [-0.2, -0.15) is 0 Å². The van der Waals surface area contributed by atoms with Crippen LogP contribution >= 0.6 is 27.7 Å². The Labute approximate surface area is 168 Å². The van der Waals surface area contributed by atoms with Gasteiger partial charge in [0.05, 0.1) is 11.5 Å². The molecule has 3 rings (SSSR count). The van der Waals surface area contributed by atoms with Gasteiger partial charge in [-0.15, -0.1) is 0 Å². The first kappa shape index (κ1) is 19.6. The Bertz CT molecular complexity index is 960. The number of H-pyrrole nitrogens is 1. The van der Waals surface area contributed by atoms with Gasteiger partial charge >= 0.3 is 0 Å². The Hall–Kier alpha value is -2.13. The van der Waals surface area contributed by atoms with E-state index >= 15 is 0 Å². The second-order valence-corrected chi connectivity index (χ2v) is 8.23. The first-order valence-electron chi connectivity index (χ1n) is 8.53. The first-order valence-corrected chi connectivity index (χ1v) is 10.3. The first-order chi connectivity index (χ1) is 12.9. The van der Waals surface area contributed by atoms with Gasteiger partial charge in [0.25, 0.3) is 5.56 Å². The number of aryl methyl sites for hydroxylation is 1. The van der Waals surface area contributed by atoms with Gasteiger partial charge in [0.1, 0.15) is 5.82 Å². The van der Waals surface area contributed by atoms with Gasteiger partial charge in [0.2, 0.25) is 11.8 Å². The molecule has 2 heterocycles. The number of halogens is 1. The molecule has 7 nitrogen and oxygen atoms in total. The summed E-state index contributed by atoms with van der Waals surface area (Å²) in [6.07, 6.45) is 0.829. The summed E-state index contributed by atoms with van der Waals surface area (Å²) in [5, 5.41) is 5.87. The standard InChI is InChI=1S/C18H19BrN4O3S/c1-3-6-27-18-22-15-14(17(26)23-18)11(8-13(24)21-15)16(25)20-12-5-4-10(19)7-9(12)2/h4-5,7,11H,3,6,8H2,1-2H3,(H,20,25)(H2,21,22,23,24,26)/t11-/m0/s1. The molecule has 0 aliphatic carbocycles. The number of amides is 2. The van der Waals surface area contributed by atoms with Gasteiger partial charge in [-0.25, -0.2) is 4.98 Å². The minimum atomic E-state index is -0.890. The largest absolute Gasteiger partial charge is 0.325 e. The van der Waals surface area contributed by atoms with Crippen LogP contribution in [0.4, 0.5) is 11.5 Å². The number of hydrogen-bond acceptors (Lipinski definition) is 5. The topological polar surface area (TPSA) is 104 Å². The van der Waals surface area contributed by atoms with Crippen LogP contribution in [0.5, 0.6) is 0 Å². The Morgan fingerprint density at radius 1 is 1.41 bits per heavy atom. The minimum absolute atomic E-state index is 0.0966. The quantitative estimate of drug-likeness (QED) is 0.478. The van der Waals surface area contributed by atoms with Crippen LogP contribution in [-0.2, 0) is 9.59 Å². The highest BCUT2D eigenvalue weighted by Gasteiger charge is 2.34. The van der Waals surface area contributed by atoms with Crippen LogP contribution in [0.1, 0.15) is 36.8 Å². The second kappa shape index (κ2) is 8.26. The van der Waals surface area contributed by atoms with Gasteiger partial charge in [-0.1, -0.05) is 34.6 Å². The molecule has 0 saturated heterocycles. The summed E-state index contributed by atoms with van der Waals surface area (Å²) in [6.45, 7) is 3.89. The third-order valence-electron chi connectivity index (χ3n) is 4.14. The molecule has 0 bridgehead atoms. The smallest absolute Gasteiger partial charge is 0.257 e. The van der Waals surface area contributed by atoms with E-state index in [0.29, 0.717) is 10.8 Å².